The highest BCUT2D eigenvalue weighted by molar-refractivity contribution is 7.89. The second kappa shape index (κ2) is 7.41. The van der Waals surface area contributed by atoms with Crippen LogP contribution in [0, 0.1) is 6.92 Å². The number of nitrogens with one attached hydrogen (secondary N) is 2. The maximum Gasteiger partial charge on any atom is 0.341 e. The number of hydrogen-bond acceptors (Lipinski definition) is 6. The second-order valence-electron chi connectivity index (χ2n) is 4.17. The molecule has 20 heavy (non-hydrogen) atoms. The molecular formula is C12H20N2O5S. The van der Waals surface area contributed by atoms with Crippen molar-refractivity contribution in [2.75, 3.05) is 26.7 Å². The molecule has 0 spiro atoms. The fourth-order valence-electron chi connectivity index (χ4n) is 1.55. The molecule has 1 heterocycles. The van der Waals surface area contributed by atoms with E-state index in [2.05, 4.69) is 14.8 Å². The first-order chi connectivity index (χ1) is 9.42. The van der Waals surface area contributed by atoms with Crippen molar-refractivity contribution in [1.29, 1.82) is 0 Å². The summed E-state index contributed by atoms with van der Waals surface area (Å²) in [4.78, 5) is 11.4. The summed E-state index contributed by atoms with van der Waals surface area (Å²) < 4.78 is 36.0. The van der Waals surface area contributed by atoms with Gasteiger partial charge in [0.05, 0.1) is 7.11 Å². The van der Waals surface area contributed by atoms with E-state index in [1.54, 1.807) is 0 Å². The number of hydrogen-bond donors (Lipinski definition) is 2. The zero-order chi connectivity index (χ0) is 15.2. The predicted molar refractivity (Wildman–Crippen MR) is 73.1 cm³/mol. The van der Waals surface area contributed by atoms with Crippen LogP contribution in [0.15, 0.2) is 15.6 Å². The smallest absolute Gasteiger partial charge is 0.341 e. The molecule has 0 fully saturated rings. The minimum absolute atomic E-state index is 0.108. The lowest BCUT2D eigenvalue weighted by molar-refractivity contribution is 0.0599. The monoisotopic (exact) mass is 304 g/mol. The van der Waals surface area contributed by atoms with Crippen molar-refractivity contribution in [3.8, 4) is 0 Å². The van der Waals surface area contributed by atoms with Gasteiger partial charge >= 0.3 is 5.97 Å². The number of ether oxygens (including phenoxy) is 1. The summed E-state index contributed by atoms with van der Waals surface area (Å²) in [5.41, 5.74) is 0.108. The van der Waals surface area contributed by atoms with Crippen LogP contribution in [-0.2, 0) is 14.8 Å². The zero-order valence-electron chi connectivity index (χ0n) is 11.9. The zero-order valence-corrected chi connectivity index (χ0v) is 12.7. The molecular weight excluding hydrogens is 284 g/mol. The second-order valence-corrected chi connectivity index (χ2v) is 5.87. The van der Waals surface area contributed by atoms with Crippen LogP contribution >= 0.6 is 0 Å². The predicted octanol–water partition coefficient (Wildman–Crippen LogP) is 0.653. The molecule has 0 amide bonds. The van der Waals surface area contributed by atoms with Crippen molar-refractivity contribution < 1.29 is 22.4 Å². The van der Waals surface area contributed by atoms with Gasteiger partial charge in [0.2, 0.25) is 5.09 Å². The van der Waals surface area contributed by atoms with E-state index in [0.717, 1.165) is 13.0 Å². The van der Waals surface area contributed by atoms with E-state index in [4.69, 9.17) is 4.42 Å². The first-order valence-corrected chi connectivity index (χ1v) is 7.79. The highest BCUT2D eigenvalue weighted by Crippen LogP contribution is 2.19. The molecule has 8 heteroatoms. The van der Waals surface area contributed by atoms with Gasteiger partial charge < -0.3 is 14.5 Å². The highest BCUT2D eigenvalue weighted by atomic mass is 32.2. The minimum atomic E-state index is -3.76. The molecule has 0 saturated heterocycles. The van der Waals surface area contributed by atoms with E-state index in [-0.39, 0.29) is 23.0 Å². The SMILES string of the molecule is CCCNCCNS(=O)(=O)c1cc(C(=O)OC)c(C)o1. The molecule has 0 bridgehead atoms. The molecule has 0 saturated carbocycles. The third kappa shape index (κ3) is 4.32. The molecule has 1 aromatic heterocycles. The van der Waals surface area contributed by atoms with Gasteiger partial charge in [-0.1, -0.05) is 6.92 Å². The third-order valence-corrected chi connectivity index (χ3v) is 3.90. The van der Waals surface area contributed by atoms with Crippen LogP contribution in [0.3, 0.4) is 0 Å². The van der Waals surface area contributed by atoms with Gasteiger partial charge in [-0.25, -0.2) is 17.9 Å². The quantitative estimate of drug-likeness (QED) is 0.540. The minimum Gasteiger partial charge on any atom is -0.465 e. The number of methoxy groups -OCH3 is 1. The Morgan fingerprint density at radius 3 is 2.65 bits per heavy atom. The first kappa shape index (κ1) is 16.7. The number of rotatable bonds is 8. The van der Waals surface area contributed by atoms with Crippen LogP contribution in [-0.4, -0.2) is 41.1 Å². The summed E-state index contributed by atoms with van der Waals surface area (Å²) in [7, 11) is -2.53. The van der Waals surface area contributed by atoms with Gasteiger partial charge in [-0.2, -0.15) is 0 Å². The molecule has 7 nitrogen and oxygen atoms in total. The lowest BCUT2D eigenvalue weighted by atomic mass is 10.3. The molecule has 0 atom stereocenters. The van der Waals surface area contributed by atoms with Crippen molar-refractivity contribution >= 4 is 16.0 Å². The van der Waals surface area contributed by atoms with Gasteiger partial charge in [-0.15, -0.1) is 0 Å². The molecule has 114 valence electrons. The van der Waals surface area contributed by atoms with Crippen LogP contribution < -0.4 is 10.0 Å². The van der Waals surface area contributed by atoms with E-state index in [1.807, 2.05) is 6.92 Å². The summed E-state index contributed by atoms with van der Waals surface area (Å²) in [6.07, 6.45) is 0.979. The largest absolute Gasteiger partial charge is 0.465 e. The van der Waals surface area contributed by atoms with Crippen molar-refractivity contribution in [1.82, 2.24) is 10.0 Å². The van der Waals surface area contributed by atoms with Gasteiger partial charge in [0.15, 0.2) is 0 Å². The van der Waals surface area contributed by atoms with Crippen LogP contribution in [0.1, 0.15) is 29.5 Å². The molecule has 0 aliphatic carbocycles. The number of sulfonamides is 1. The number of carbonyl (C=O) groups excluding carboxylic acids is 1. The van der Waals surface area contributed by atoms with Gasteiger partial charge in [-0.05, 0) is 19.9 Å². The van der Waals surface area contributed by atoms with Gasteiger partial charge in [0.1, 0.15) is 11.3 Å². The fraction of sp³-hybridized carbons (Fsp3) is 0.583. The van der Waals surface area contributed by atoms with Crippen molar-refractivity contribution in [3.63, 3.8) is 0 Å². The Labute approximate surface area is 118 Å². The number of carbonyl (C=O) groups is 1. The molecule has 0 aliphatic rings. The summed E-state index contributed by atoms with van der Waals surface area (Å²) in [6, 6.07) is 1.17. The van der Waals surface area contributed by atoms with Gasteiger partial charge in [0.25, 0.3) is 10.0 Å². The van der Waals surface area contributed by atoms with E-state index in [0.29, 0.717) is 6.54 Å². The molecule has 0 aromatic carbocycles. The van der Waals surface area contributed by atoms with Crippen molar-refractivity contribution in [2.24, 2.45) is 0 Å². The average Bonchev–Trinajstić information content (AvgIpc) is 2.80. The Balaban J connectivity index is 2.71. The first-order valence-electron chi connectivity index (χ1n) is 6.31. The maximum atomic E-state index is 12.0. The number of furan rings is 1. The summed E-state index contributed by atoms with van der Waals surface area (Å²) in [5, 5.41) is 2.79. The fourth-order valence-corrected chi connectivity index (χ4v) is 2.57. The maximum absolute atomic E-state index is 12.0. The molecule has 0 unspecified atom stereocenters. The van der Waals surface area contributed by atoms with Crippen LogP contribution in [0.25, 0.3) is 0 Å². The lowest BCUT2D eigenvalue weighted by Gasteiger charge is -2.04. The lowest BCUT2D eigenvalue weighted by Crippen LogP contribution is -2.32. The van der Waals surface area contributed by atoms with Crippen LogP contribution in [0.2, 0.25) is 0 Å². The van der Waals surface area contributed by atoms with Crippen LogP contribution in [0.5, 0.6) is 0 Å². The molecule has 2 N–H and O–H groups in total. The molecule has 1 aromatic rings. The summed E-state index contributed by atoms with van der Waals surface area (Å²) in [6.45, 7) is 5.13. The average molecular weight is 304 g/mol. The van der Waals surface area contributed by atoms with Crippen molar-refractivity contribution in [3.05, 3.63) is 17.4 Å². The Morgan fingerprint density at radius 1 is 1.35 bits per heavy atom. The Hall–Kier alpha value is -1.38. The van der Waals surface area contributed by atoms with E-state index in [9.17, 15) is 13.2 Å². The molecule has 0 aliphatic heterocycles. The highest BCUT2D eigenvalue weighted by Gasteiger charge is 2.23. The molecule has 0 radical (unpaired) electrons. The normalized spacial score (nSPS) is 11.6. The van der Waals surface area contributed by atoms with Gasteiger partial charge in [0, 0.05) is 19.2 Å². The Kier molecular flexibility index (Phi) is 6.18. The van der Waals surface area contributed by atoms with Crippen molar-refractivity contribution in [2.45, 2.75) is 25.4 Å². The standard InChI is InChI=1S/C12H20N2O5S/c1-4-5-13-6-7-14-20(16,17)11-8-10(9(2)19-11)12(15)18-3/h8,13-14H,4-7H2,1-3H3. The van der Waals surface area contributed by atoms with E-state index in [1.165, 1.54) is 20.1 Å². The number of aryl methyl sites for hydroxylation is 1. The van der Waals surface area contributed by atoms with E-state index >= 15 is 0 Å². The Morgan fingerprint density at radius 2 is 2.05 bits per heavy atom. The summed E-state index contributed by atoms with van der Waals surface area (Å²) >= 11 is 0. The van der Waals surface area contributed by atoms with Crippen LogP contribution in [0.4, 0.5) is 0 Å². The van der Waals surface area contributed by atoms with E-state index < -0.39 is 16.0 Å². The van der Waals surface area contributed by atoms with Gasteiger partial charge in [-0.3, -0.25) is 0 Å². The summed E-state index contributed by atoms with van der Waals surface area (Å²) in [5.74, 6) is -0.418. The Bertz CT molecular complexity index is 550. The topological polar surface area (TPSA) is 97.6 Å². The molecule has 1 rings (SSSR count). The number of esters is 1. The third-order valence-electron chi connectivity index (χ3n) is 2.59.